The van der Waals surface area contributed by atoms with Gasteiger partial charge in [0.2, 0.25) is 10.0 Å². The second kappa shape index (κ2) is 11.9. The monoisotopic (exact) mass is 551 g/mol. The van der Waals surface area contributed by atoms with Crippen LogP contribution in [0.5, 0.6) is 0 Å². The van der Waals surface area contributed by atoms with E-state index < -0.39 is 10.0 Å². The summed E-state index contributed by atoms with van der Waals surface area (Å²) in [6, 6.07) is 9.94. The smallest absolute Gasteiger partial charge is 0.242 e. The number of rotatable bonds is 9. The van der Waals surface area contributed by atoms with Crippen molar-refractivity contribution in [3.8, 4) is 0 Å². The molecule has 0 unspecified atom stereocenters. The molecule has 0 aliphatic carbocycles. The molecule has 0 saturated carbocycles. The van der Waals surface area contributed by atoms with Gasteiger partial charge >= 0.3 is 0 Å². The minimum Gasteiger partial charge on any atom is -0.299 e. The Bertz CT molecular complexity index is 1060. The van der Waals surface area contributed by atoms with Crippen LogP contribution in [-0.4, -0.2) is 57.0 Å². The third-order valence-corrected chi connectivity index (χ3v) is 8.57. The highest BCUT2D eigenvalue weighted by atomic mass is 35.5. The fourth-order valence-electron chi connectivity index (χ4n) is 4.04. The van der Waals surface area contributed by atoms with Gasteiger partial charge in [0, 0.05) is 50.3 Å². The maximum atomic E-state index is 13.0. The van der Waals surface area contributed by atoms with Gasteiger partial charge < -0.3 is 0 Å². The summed E-state index contributed by atoms with van der Waals surface area (Å²) in [4.78, 5) is 4.73. The van der Waals surface area contributed by atoms with Crippen LogP contribution in [0.3, 0.4) is 0 Å². The molecule has 33 heavy (non-hydrogen) atoms. The van der Waals surface area contributed by atoms with Crippen molar-refractivity contribution in [1.82, 2.24) is 14.5 Å². The van der Waals surface area contributed by atoms with Crippen LogP contribution in [0.4, 0.5) is 0 Å². The zero-order chi connectivity index (χ0) is 24.2. The van der Waals surface area contributed by atoms with E-state index in [-0.39, 0.29) is 16.0 Å². The quantitative estimate of drug-likeness (QED) is 0.426. The molecule has 0 bridgehead atoms. The lowest BCUT2D eigenvalue weighted by Gasteiger charge is -2.37. The summed E-state index contributed by atoms with van der Waals surface area (Å²) in [5, 5.41) is 1.65. The predicted octanol–water partition coefficient (Wildman–Crippen LogP) is 5.81. The van der Waals surface area contributed by atoms with Gasteiger partial charge in [-0.15, -0.1) is 0 Å². The van der Waals surface area contributed by atoms with Gasteiger partial charge in [-0.1, -0.05) is 66.3 Å². The topological polar surface area (TPSA) is 52.6 Å². The molecule has 1 aliphatic rings. The number of benzene rings is 2. The molecule has 1 aliphatic heterocycles. The minimum atomic E-state index is -3.76. The summed E-state index contributed by atoms with van der Waals surface area (Å²) in [5.41, 5.74) is 1.13. The van der Waals surface area contributed by atoms with Crippen LogP contribution in [0.1, 0.15) is 25.8 Å². The van der Waals surface area contributed by atoms with Crippen LogP contribution in [0.15, 0.2) is 41.3 Å². The van der Waals surface area contributed by atoms with Gasteiger partial charge in [0.1, 0.15) is 4.90 Å². The molecule has 0 aromatic heterocycles. The lowest BCUT2D eigenvalue weighted by Crippen LogP contribution is -2.51. The Morgan fingerprint density at radius 3 is 2.15 bits per heavy atom. The van der Waals surface area contributed by atoms with E-state index in [0.29, 0.717) is 27.5 Å². The molecule has 1 heterocycles. The fraction of sp³-hybridized carbons (Fsp3) is 0.478. The molecule has 3 rings (SSSR count). The summed E-state index contributed by atoms with van der Waals surface area (Å²) in [6.45, 7) is 9.14. The summed E-state index contributed by atoms with van der Waals surface area (Å²) in [5.74, 6) is 0.342. The molecule has 10 heteroatoms. The minimum absolute atomic E-state index is 0.0498. The second-order valence-corrected chi connectivity index (χ2v) is 12.2. The molecule has 0 spiro atoms. The average Bonchev–Trinajstić information content (AvgIpc) is 2.71. The molecule has 1 N–H and O–H groups in total. The molecule has 2 aromatic rings. The third kappa shape index (κ3) is 7.97. The lowest BCUT2D eigenvalue weighted by molar-refractivity contribution is 0.118. The van der Waals surface area contributed by atoms with Gasteiger partial charge in [0.25, 0.3) is 0 Å². The molecular weight excluding hydrogens is 524 g/mol. The Morgan fingerprint density at radius 1 is 0.879 bits per heavy atom. The van der Waals surface area contributed by atoms with E-state index in [2.05, 4.69) is 28.4 Å². The first kappa shape index (κ1) is 27.0. The molecule has 1 atom stereocenters. The molecule has 0 radical (unpaired) electrons. The first-order chi connectivity index (χ1) is 15.5. The molecular formula is C23H29Cl4N3O2S. The SMILES string of the molecule is CC(C)C[C@H](CN1CCN(Cc2ccc(Cl)c(Cl)c2)CC1)NS(=O)(=O)c1ccc(Cl)cc1Cl. The van der Waals surface area contributed by atoms with Crippen molar-refractivity contribution in [3.63, 3.8) is 0 Å². The number of halogens is 4. The number of piperazine rings is 1. The summed E-state index contributed by atoms with van der Waals surface area (Å²) < 4.78 is 28.9. The van der Waals surface area contributed by atoms with E-state index in [4.69, 9.17) is 46.4 Å². The van der Waals surface area contributed by atoms with Crippen LogP contribution in [0.25, 0.3) is 0 Å². The van der Waals surface area contributed by atoms with E-state index in [0.717, 1.165) is 44.7 Å². The van der Waals surface area contributed by atoms with Crippen molar-refractivity contribution in [1.29, 1.82) is 0 Å². The Labute approximate surface area is 217 Å². The zero-order valence-electron chi connectivity index (χ0n) is 18.7. The summed E-state index contributed by atoms with van der Waals surface area (Å²) in [6.07, 6.45) is 0.730. The van der Waals surface area contributed by atoms with Gasteiger partial charge in [-0.3, -0.25) is 9.80 Å². The lowest BCUT2D eigenvalue weighted by atomic mass is 10.0. The van der Waals surface area contributed by atoms with E-state index in [1.54, 1.807) is 0 Å². The maximum absolute atomic E-state index is 13.0. The number of sulfonamides is 1. The highest BCUT2D eigenvalue weighted by Crippen LogP contribution is 2.26. The van der Waals surface area contributed by atoms with Crippen LogP contribution in [0, 0.1) is 5.92 Å². The van der Waals surface area contributed by atoms with Crippen molar-refractivity contribution >= 4 is 56.4 Å². The van der Waals surface area contributed by atoms with Gasteiger partial charge in [-0.2, -0.15) is 0 Å². The number of hydrogen-bond donors (Lipinski definition) is 1. The highest BCUT2D eigenvalue weighted by molar-refractivity contribution is 7.89. The summed E-state index contributed by atoms with van der Waals surface area (Å²) >= 11 is 24.2. The van der Waals surface area contributed by atoms with Gasteiger partial charge in [-0.05, 0) is 48.2 Å². The maximum Gasteiger partial charge on any atom is 0.242 e. The predicted molar refractivity (Wildman–Crippen MR) is 138 cm³/mol. The summed E-state index contributed by atoms with van der Waals surface area (Å²) in [7, 11) is -3.76. The first-order valence-electron chi connectivity index (χ1n) is 10.9. The number of hydrogen-bond acceptors (Lipinski definition) is 4. The van der Waals surface area contributed by atoms with E-state index >= 15 is 0 Å². The van der Waals surface area contributed by atoms with Crippen molar-refractivity contribution in [2.24, 2.45) is 5.92 Å². The fourth-order valence-corrected chi connectivity index (χ4v) is 6.38. The van der Waals surface area contributed by atoms with Crippen LogP contribution >= 0.6 is 46.4 Å². The average molecular weight is 553 g/mol. The normalized spacial score (nSPS) is 16.9. The number of nitrogens with one attached hydrogen (secondary N) is 1. The van der Waals surface area contributed by atoms with Crippen molar-refractivity contribution in [2.45, 2.75) is 37.8 Å². The third-order valence-electron chi connectivity index (χ3n) is 5.59. The Hall–Kier alpha value is -0.570. The molecule has 0 amide bonds. The van der Waals surface area contributed by atoms with Gasteiger partial charge in [-0.25, -0.2) is 13.1 Å². The Morgan fingerprint density at radius 2 is 1.55 bits per heavy atom. The van der Waals surface area contributed by atoms with Crippen molar-refractivity contribution in [2.75, 3.05) is 32.7 Å². The highest BCUT2D eigenvalue weighted by Gasteiger charge is 2.26. The Balaban J connectivity index is 1.60. The first-order valence-corrected chi connectivity index (χ1v) is 13.9. The van der Waals surface area contributed by atoms with E-state index in [1.807, 2.05) is 18.2 Å². The second-order valence-electron chi connectivity index (χ2n) is 8.85. The standard InChI is InChI=1S/C23H29Cl4N3O2S/c1-16(2)11-19(28-33(31,32)23-6-4-18(24)13-22(23)27)15-30-9-7-29(8-10-30)14-17-3-5-20(25)21(26)12-17/h3-6,12-13,16,19,28H,7-11,14-15H2,1-2H3/t19-/m1/s1. The molecule has 2 aromatic carbocycles. The molecule has 1 saturated heterocycles. The van der Waals surface area contributed by atoms with E-state index in [9.17, 15) is 8.42 Å². The van der Waals surface area contributed by atoms with Crippen molar-refractivity contribution in [3.05, 3.63) is 62.1 Å². The van der Waals surface area contributed by atoms with Gasteiger partial charge in [0.15, 0.2) is 0 Å². The number of nitrogens with zero attached hydrogens (tertiary/aromatic N) is 2. The Kier molecular flexibility index (Phi) is 9.75. The largest absolute Gasteiger partial charge is 0.299 e. The van der Waals surface area contributed by atoms with Crippen LogP contribution in [0.2, 0.25) is 20.1 Å². The molecule has 5 nitrogen and oxygen atoms in total. The van der Waals surface area contributed by atoms with Crippen LogP contribution < -0.4 is 4.72 Å². The van der Waals surface area contributed by atoms with Crippen molar-refractivity contribution < 1.29 is 8.42 Å². The van der Waals surface area contributed by atoms with E-state index in [1.165, 1.54) is 18.2 Å². The molecule has 1 fully saturated rings. The van der Waals surface area contributed by atoms with Crippen LogP contribution in [-0.2, 0) is 16.6 Å². The molecule has 182 valence electrons. The zero-order valence-corrected chi connectivity index (χ0v) is 22.5. The van der Waals surface area contributed by atoms with Gasteiger partial charge in [0.05, 0.1) is 15.1 Å².